The average molecular weight is 422 g/mol. The van der Waals surface area contributed by atoms with Crippen LogP contribution in [0.2, 0.25) is 0 Å². The molecule has 0 spiro atoms. The molecule has 6 nitrogen and oxygen atoms in total. The smallest absolute Gasteiger partial charge is 0.260 e. The Bertz CT molecular complexity index is 827. The van der Waals surface area contributed by atoms with Crippen molar-refractivity contribution < 1.29 is 13.2 Å². The van der Waals surface area contributed by atoms with E-state index in [1.54, 1.807) is 12.1 Å². The summed E-state index contributed by atoms with van der Waals surface area (Å²) < 4.78 is 25.6. The van der Waals surface area contributed by atoms with Crippen LogP contribution < -0.4 is 9.73 Å². The van der Waals surface area contributed by atoms with Crippen LogP contribution in [-0.2, 0) is 14.8 Å². The van der Waals surface area contributed by atoms with E-state index in [4.69, 9.17) is 0 Å². The Morgan fingerprint density at radius 3 is 2.17 bits per heavy atom. The molecule has 0 saturated heterocycles. The number of hydrogen-bond donors (Lipinski definition) is 1. The van der Waals surface area contributed by atoms with Gasteiger partial charge < -0.3 is 0 Å². The van der Waals surface area contributed by atoms with Crippen LogP contribution in [0, 0.1) is 11.3 Å². The number of nitrogens with one attached hydrogen (secondary N) is 1. The van der Waals surface area contributed by atoms with Gasteiger partial charge in [-0.1, -0.05) is 46.8 Å². The van der Waals surface area contributed by atoms with E-state index in [2.05, 4.69) is 45.1 Å². The maximum absolute atomic E-state index is 12.4. The second-order valence-corrected chi connectivity index (χ2v) is 11.3. The molecule has 29 heavy (non-hydrogen) atoms. The van der Waals surface area contributed by atoms with Gasteiger partial charge in [-0.2, -0.15) is 5.10 Å². The standard InChI is InChI=1S/C22H35N3O3S/c1-16(2)17-7-13-20(14-8-17)25(29(6,27)28)15-21(26)24-23-19-11-9-18(10-12-19)22(3,4)5/h7-8,13-14,16,18H,9-12,15H2,1-6H3,(H,24,26). The molecule has 0 aliphatic heterocycles. The lowest BCUT2D eigenvalue weighted by molar-refractivity contribution is -0.119. The van der Waals surface area contributed by atoms with E-state index in [1.165, 1.54) is 0 Å². The molecule has 0 radical (unpaired) electrons. The number of nitrogens with zero attached hydrogens (tertiary/aromatic N) is 2. The summed E-state index contributed by atoms with van der Waals surface area (Å²) in [6, 6.07) is 7.26. The molecule has 0 atom stereocenters. The molecule has 0 bridgehead atoms. The molecule has 0 unspecified atom stereocenters. The second-order valence-electron chi connectivity index (χ2n) is 9.37. The average Bonchev–Trinajstić information content (AvgIpc) is 2.63. The SMILES string of the molecule is CC(C)c1ccc(N(CC(=O)NN=C2CCC(C(C)(C)C)CC2)S(C)(=O)=O)cc1. The molecular weight excluding hydrogens is 386 g/mol. The Labute approximate surface area is 175 Å². The summed E-state index contributed by atoms with van der Waals surface area (Å²) in [5, 5.41) is 4.26. The van der Waals surface area contributed by atoms with Crippen molar-refractivity contribution in [3.63, 3.8) is 0 Å². The zero-order valence-corrected chi connectivity index (χ0v) is 19.3. The molecule has 1 aliphatic carbocycles. The van der Waals surface area contributed by atoms with Crippen molar-refractivity contribution in [3.8, 4) is 0 Å². The molecule has 1 saturated carbocycles. The number of carbonyl (C=O) groups excluding carboxylic acids is 1. The van der Waals surface area contributed by atoms with Gasteiger partial charge in [0, 0.05) is 5.71 Å². The minimum absolute atomic E-state index is 0.288. The van der Waals surface area contributed by atoms with Crippen LogP contribution in [-0.4, -0.2) is 32.8 Å². The number of sulfonamides is 1. The van der Waals surface area contributed by atoms with Gasteiger partial charge in [-0.05, 0) is 60.6 Å². The van der Waals surface area contributed by atoms with Crippen LogP contribution in [0.25, 0.3) is 0 Å². The predicted octanol–water partition coefficient (Wildman–Crippen LogP) is 4.28. The first-order chi connectivity index (χ1) is 13.4. The fourth-order valence-electron chi connectivity index (χ4n) is 3.66. The lowest BCUT2D eigenvalue weighted by Crippen LogP contribution is -2.39. The van der Waals surface area contributed by atoms with Crippen LogP contribution in [0.5, 0.6) is 0 Å². The number of amides is 1. The van der Waals surface area contributed by atoms with Crippen molar-refractivity contribution in [1.82, 2.24) is 5.43 Å². The zero-order chi connectivity index (χ0) is 21.8. The Kier molecular flexibility index (Phi) is 7.49. The molecule has 1 fully saturated rings. The van der Waals surface area contributed by atoms with Gasteiger partial charge in [0.25, 0.3) is 5.91 Å². The third-order valence-electron chi connectivity index (χ3n) is 5.66. The Balaban J connectivity index is 2.01. The summed E-state index contributed by atoms with van der Waals surface area (Å²) in [6.07, 6.45) is 4.98. The molecule has 1 aromatic carbocycles. The molecule has 1 aromatic rings. The Morgan fingerprint density at radius 1 is 1.17 bits per heavy atom. The Hall–Kier alpha value is -1.89. The summed E-state index contributed by atoms with van der Waals surface area (Å²) in [5.74, 6) is 0.573. The van der Waals surface area contributed by atoms with Gasteiger partial charge in [-0.15, -0.1) is 0 Å². The van der Waals surface area contributed by atoms with Crippen molar-refractivity contribution in [1.29, 1.82) is 0 Å². The molecule has 0 aromatic heterocycles. The number of anilines is 1. The van der Waals surface area contributed by atoms with E-state index < -0.39 is 15.9 Å². The van der Waals surface area contributed by atoms with Gasteiger partial charge in [0.1, 0.15) is 6.54 Å². The maximum atomic E-state index is 12.4. The minimum atomic E-state index is -3.59. The maximum Gasteiger partial charge on any atom is 0.260 e. The quantitative estimate of drug-likeness (QED) is 0.696. The summed E-state index contributed by atoms with van der Waals surface area (Å²) in [7, 11) is -3.59. The summed E-state index contributed by atoms with van der Waals surface area (Å²) >= 11 is 0. The van der Waals surface area contributed by atoms with Crippen molar-refractivity contribution in [2.45, 2.75) is 66.2 Å². The molecule has 1 N–H and O–H groups in total. The number of rotatable bonds is 6. The monoisotopic (exact) mass is 421 g/mol. The highest BCUT2D eigenvalue weighted by molar-refractivity contribution is 7.92. The molecule has 162 valence electrons. The van der Waals surface area contributed by atoms with E-state index in [-0.39, 0.29) is 12.0 Å². The summed E-state index contributed by atoms with van der Waals surface area (Å²) in [6.45, 7) is 10.6. The van der Waals surface area contributed by atoms with E-state index >= 15 is 0 Å². The highest BCUT2D eigenvalue weighted by Crippen LogP contribution is 2.36. The third-order valence-corrected chi connectivity index (χ3v) is 6.80. The van der Waals surface area contributed by atoms with Crippen LogP contribution in [0.4, 0.5) is 5.69 Å². The number of carbonyl (C=O) groups is 1. The Morgan fingerprint density at radius 2 is 1.72 bits per heavy atom. The van der Waals surface area contributed by atoms with E-state index in [1.807, 2.05) is 12.1 Å². The van der Waals surface area contributed by atoms with Crippen molar-refractivity contribution in [2.75, 3.05) is 17.1 Å². The molecular formula is C22H35N3O3S. The van der Waals surface area contributed by atoms with Crippen LogP contribution >= 0.6 is 0 Å². The minimum Gasteiger partial charge on any atom is -0.271 e. The van der Waals surface area contributed by atoms with Gasteiger partial charge in [-0.3, -0.25) is 9.10 Å². The van der Waals surface area contributed by atoms with Gasteiger partial charge in [0.2, 0.25) is 10.0 Å². The van der Waals surface area contributed by atoms with Gasteiger partial charge in [0.05, 0.1) is 11.9 Å². The van der Waals surface area contributed by atoms with Crippen molar-refractivity contribution >= 4 is 27.3 Å². The summed E-state index contributed by atoms with van der Waals surface area (Å²) in [5.41, 5.74) is 5.41. The van der Waals surface area contributed by atoms with Crippen molar-refractivity contribution in [2.24, 2.45) is 16.4 Å². The fraction of sp³-hybridized carbons (Fsp3) is 0.636. The molecule has 1 aliphatic rings. The summed E-state index contributed by atoms with van der Waals surface area (Å²) in [4.78, 5) is 12.4. The first-order valence-electron chi connectivity index (χ1n) is 10.3. The lowest BCUT2D eigenvalue weighted by atomic mass is 9.72. The molecule has 0 heterocycles. The molecule has 1 amide bonds. The van der Waals surface area contributed by atoms with Gasteiger partial charge >= 0.3 is 0 Å². The highest BCUT2D eigenvalue weighted by atomic mass is 32.2. The fourth-order valence-corrected chi connectivity index (χ4v) is 4.52. The van der Waals surface area contributed by atoms with Crippen LogP contribution in [0.15, 0.2) is 29.4 Å². The lowest BCUT2D eigenvalue weighted by Gasteiger charge is -2.34. The first kappa shape index (κ1) is 23.4. The first-order valence-corrected chi connectivity index (χ1v) is 12.1. The number of hydrazone groups is 1. The van der Waals surface area contributed by atoms with E-state index in [0.717, 1.165) is 47.5 Å². The second kappa shape index (κ2) is 9.28. The topological polar surface area (TPSA) is 78.8 Å². The largest absolute Gasteiger partial charge is 0.271 e. The third kappa shape index (κ3) is 6.84. The van der Waals surface area contributed by atoms with Crippen molar-refractivity contribution in [3.05, 3.63) is 29.8 Å². The number of benzene rings is 1. The van der Waals surface area contributed by atoms with Crippen LogP contribution in [0.3, 0.4) is 0 Å². The van der Waals surface area contributed by atoms with E-state index in [0.29, 0.717) is 17.5 Å². The normalized spacial score (nSPS) is 17.9. The predicted molar refractivity (Wildman–Crippen MR) is 120 cm³/mol. The number of hydrogen-bond acceptors (Lipinski definition) is 4. The van der Waals surface area contributed by atoms with E-state index in [9.17, 15) is 13.2 Å². The molecule has 7 heteroatoms. The van der Waals surface area contributed by atoms with Crippen LogP contribution in [0.1, 0.15) is 71.8 Å². The zero-order valence-electron chi connectivity index (χ0n) is 18.5. The molecule has 2 rings (SSSR count). The highest BCUT2D eigenvalue weighted by Gasteiger charge is 2.28. The van der Waals surface area contributed by atoms with Gasteiger partial charge in [0.15, 0.2) is 0 Å². The van der Waals surface area contributed by atoms with Gasteiger partial charge in [-0.25, -0.2) is 13.8 Å².